The standard InChI is InChI=1S/C19H15N5O2/c1-12-5-4-10-24-18(12)21-15(11-16(25)26)19(24)23-22-14-8-2-6-13-7-3-9-20-17(13)14/h2-10H,11H2,1H3,(H,25,26). The summed E-state index contributed by atoms with van der Waals surface area (Å²) >= 11 is 0. The molecule has 0 radical (unpaired) electrons. The predicted molar refractivity (Wildman–Crippen MR) is 97.2 cm³/mol. The van der Waals surface area contributed by atoms with Crippen molar-refractivity contribution in [1.29, 1.82) is 0 Å². The summed E-state index contributed by atoms with van der Waals surface area (Å²) in [4.78, 5) is 20.0. The van der Waals surface area contributed by atoms with Gasteiger partial charge in [0.05, 0.1) is 17.6 Å². The van der Waals surface area contributed by atoms with Crippen LogP contribution in [0.5, 0.6) is 0 Å². The van der Waals surface area contributed by atoms with Crippen molar-refractivity contribution in [3.8, 4) is 0 Å². The highest BCUT2D eigenvalue weighted by molar-refractivity contribution is 5.88. The third-order valence-electron chi connectivity index (χ3n) is 4.07. The van der Waals surface area contributed by atoms with Crippen LogP contribution >= 0.6 is 0 Å². The van der Waals surface area contributed by atoms with Gasteiger partial charge in [-0.3, -0.25) is 14.2 Å². The first kappa shape index (κ1) is 15.9. The number of fused-ring (bicyclic) bond motifs is 2. The molecule has 26 heavy (non-hydrogen) atoms. The number of benzene rings is 1. The van der Waals surface area contributed by atoms with Crippen LogP contribution in [0.25, 0.3) is 16.6 Å². The first-order valence-corrected chi connectivity index (χ1v) is 8.07. The zero-order valence-electron chi connectivity index (χ0n) is 14.0. The van der Waals surface area contributed by atoms with E-state index in [0.717, 1.165) is 16.5 Å². The van der Waals surface area contributed by atoms with Gasteiger partial charge >= 0.3 is 5.97 Å². The second-order valence-electron chi connectivity index (χ2n) is 5.89. The van der Waals surface area contributed by atoms with Crippen molar-refractivity contribution < 1.29 is 9.90 Å². The maximum Gasteiger partial charge on any atom is 0.309 e. The molecule has 0 bridgehead atoms. The van der Waals surface area contributed by atoms with Crippen LogP contribution in [0.1, 0.15) is 11.3 Å². The first-order valence-electron chi connectivity index (χ1n) is 8.07. The molecule has 3 aromatic heterocycles. The summed E-state index contributed by atoms with van der Waals surface area (Å²) in [5.74, 6) is -0.548. The summed E-state index contributed by atoms with van der Waals surface area (Å²) in [5, 5.41) is 18.8. The minimum Gasteiger partial charge on any atom is -0.481 e. The third kappa shape index (κ3) is 2.79. The van der Waals surface area contributed by atoms with E-state index < -0.39 is 5.97 Å². The Morgan fingerprint density at radius 1 is 1.15 bits per heavy atom. The largest absolute Gasteiger partial charge is 0.481 e. The predicted octanol–water partition coefficient (Wildman–Crippen LogP) is 4.23. The molecule has 128 valence electrons. The molecule has 7 heteroatoms. The Kier molecular flexibility index (Phi) is 3.89. The van der Waals surface area contributed by atoms with Gasteiger partial charge in [-0.2, -0.15) is 0 Å². The number of para-hydroxylation sites is 1. The van der Waals surface area contributed by atoms with E-state index in [0.29, 0.717) is 22.8 Å². The van der Waals surface area contributed by atoms with Gasteiger partial charge < -0.3 is 5.11 Å². The highest BCUT2D eigenvalue weighted by Gasteiger charge is 2.16. The number of rotatable bonds is 4. The van der Waals surface area contributed by atoms with E-state index in [9.17, 15) is 9.90 Å². The second kappa shape index (κ2) is 6.36. The Balaban J connectivity index is 1.86. The van der Waals surface area contributed by atoms with Crippen LogP contribution in [0.4, 0.5) is 11.5 Å². The molecular formula is C19H15N5O2. The number of pyridine rings is 2. The van der Waals surface area contributed by atoms with Crippen LogP contribution in [0.3, 0.4) is 0 Å². The number of aliphatic carboxylic acids is 1. The SMILES string of the molecule is Cc1cccn2c(N=Nc3cccc4cccnc34)c(CC(=O)O)nc12. The highest BCUT2D eigenvalue weighted by atomic mass is 16.4. The molecule has 0 unspecified atom stereocenters. The maximum atomic E-state index is 11.2. The normalized spacial score (nSPS) is 11.6. The molecular weight excluding hydrogens is 330 g/mol. The Labute approximate surface area is 148 Å². The second-order valence-corrected chi connectivity index (χ2v) is 5.89. The molecule has 1 N–H and O–H groups in total. The van der Waals surface area contributed by atoms with Gasteiger partial charge in [0, 0.05) is 17.8 Å². The fourth-order valence-electron chi connectivity index (χ4n) is 2.88. The Hall–Kier alpha value is -3.61. The number of azo groups is 1. The number of carboxylic acids is 1. The zero-order valence-corrected chi connectivity index (χ0v) is 14.0. The molecule has 3 heterocycles. The number of nitrogens with zero attached hydrogens (tertiary/aromatic N) is 5. The van der Waals surface area contributed by atoms with Gasteiger partial charge in [0.15, 0.2) is 5.82 Å². The smallest absolute Gasteiger partial charge is 0.309 e. The number of hydrogen-bond donors (Lipinski definition) is 1. The van der Waals surface area contributed by atoms with Crippen LogP contribution in [0.15, 0.2) is 65.1 Å². The van der Waals surface area contributed by atoms with Crippen molar-refractivity contribution in [3.05, 3.63) is 66.1 Å². The lowest BCUT2D eigenvalue weighted by molar-refractivity contribution is -0.136. The number of carboxylic acid groups (broad SMARTS) is 1. The topological polar surface area (TPSA) is 92.2 Å². The van der Waals surface area contributed by atoms with Crippen LogP contribution in [-0.4, -0.2) is 25.4 Å². The maximum absolute atomic E-state index is 11.2. The van der Waals surface area contributed by atoms with E-state index >= 15 is 0 Å². The van der Waals surface area contributed by atoms with E-state index in [2.05, 4.69) is 20.2 Å². The van der Waals surface area contributed by atoms with Gasteiger partial charge in [-0.1, -0.05) is 24.3 Å². The summed E-state index contributed by atoms with van der Waals surface area (Å²) < 4.78 is 1.76. The van der Waals surface area contributed by atoms with Crippen molar-refractivity contribution in [2.24, 2.45) is 10.2 Å². The van der Waals surface area contributed by atoms with Gasteiger partial charge in [0.2, 0.25) is 0 Å². The molecule has 0 spiro atoms. The molecule has 0 aliphatic carbocycles. The van der Waals surface area contributed by atoms with Gasteiger partial charge in [-0.25, -0.2) is 4.98 Å². The summed E-state index contributed by atoms with van der Waals surface area (Å²) in [6.07, 6.45) is 3.29. The molecule has 0 aliphatic heterocycles. The molecule has 0 fully saturated rings. The summed E-state index contributed by atoms with van der Waals surface area (Å²) in [6, 6.07) is 13.3. The van der Waals surface area contributed by atoms with E-state index in [1.165, 1.54) is 0 Å². The van der Waals surface area contributed by atoms with Crippen molar-refractivity contribution in [1.82, 2.24) is 14.4 Å². The summed E-state index contributed by atoms with van der Waals surface area (Å²) in [5.41, 5.74) is 3.35. The van der Waals surface area contributed by atoms with Crippen molar-refractivity contribution in [2.45, 2.75) is 13.3 Å². The van der Waals surface area contributed by atoms with Crippen LogP contribution < -0.4 is 0 Å². The van der Waals surface area contributed by atoms with E-state index in [1.54, 1.807) is 16.8 Å². The Bertz CT molecular complexity index is 1160. The van der Waals surface area contributed by atoms with Gasteiger partial charge in [-0.15, -0.1) is 10.2 Å². The number of carbonyl (C=O) groups is 1. The number of aromatic nitrogens is 3. The number of hydrogen-bond acceptors (Lipinski definition) is 5. The van der Waals surface area contributed by atoms with Crippen molar-refractivity contribution >= 4 is 34.0 Å². The van der Waals surface area contributed by atoms with Crippen LogP contribution in [-0.2, 0) is 11.2 Å². The molecule has 1 aromatic carbocycles. The molecule has 4 rings (SSSR count). The molecule has 7 nitrogen and oxygen atoms in total. The number of aryl methyl sites for hydroxylation is 1. The van der Waals surface area contributed by atoms with E-state index in [4.69, 9.17) is 0 Å². The van der Waals surface area contributed by atoms with E-state index in [1.807, 2.05) is 49.4 Å². The lowest BCUT2D eigenvalue weighted by Crippen LogP contribution is -2.00. The minimum atomic E-state index is -0.964. The monoisotopic (exact) mass is 345 g/mol. The average Bonchev–Trinajstić information content (AvgIpc) is 2.98. The first-order chi connectivity index (χ1) is 12.6. The lowest BCUT2D eigenvalue weighted by Gasteiger charge is -2.01. The fraction of sp³-hybridized carbons (Fsp3) is 0.105. The summed E-state index contributed by atoms with van der Waals surface area (Å²) in [6.45, 7) is 1.92. The lowest BCUT2D eigenvalue weighted by atomic mass is 10.2. The van der Waals surface area contributed by atoms with Gasteiger partial charge in [-0.05, 0) is 30.7 Å². The number of imidazole rings is 1. The zero-order chi connectivity index (χ0) is 18.1. The molecule has 0 saturated carbocycles. The summed E-state index contributed by atoms with van der Waals surface area (Å²) in [7, 11) is 0. The van der Waals surface area contributed by atoms with Crippen molar-refractivity contribution in [3.63, 3.8) is 0 Å². The van der Waals surface area contributed by atoms with Gasteiger partial charge in [0.1, 0.15) is 11.3 Å². The molecule has 0 amide bonds. The van der Waals surface area contributed by atoms with Crippen LogP contribution in [0.2, 0.25) is 0 Å². The fourth-order valence-corrected chi connectivity index (χ4v) is 2.88. The quantitative estimate of drug-likeness (QED) is 0.560. The van der Waals surface area contributed by atoms with E-state index in [-0.39, 0.29) is 6.42 Å². The van der Waals surface area contributed by atoms with Crippen molar-refractivity contribution in [2.75, 3.05) is 0 Å². The minimum absolute atomic E-state index is 0.219. The highest BCUT2D eigenvalue weighted by Crippen LogP contribution is 2.28. The average molecular weight is 345 g/mol. The Morgan fingerprint density at radius 2 is 2.00 bits per heavy atom. The molecule has 0 saturated heterocycles. The Morgan fingerprint density at radius 3 is 2.85 bits per heavy atom. The van der Waals surface area contributed by atoms with Gasteiger partial charge in [0.25, 0.3) is 0 Å². The van der Waals surface area contributed by atoms with Crippen LogP contribution in [0, 0.1) is 6.92 Å². The molecule has 4 aromatic rings. The molecule has 0 aliphatic rings. The molecule has 0 atom stereocenters. The third-order valence-corrected chi connectivity index (χ3v) is 4.07.